The van der Waals surface area contributed by atoms with Gasteiger partial charge in [0.1, 0.15) is 0 Å². The average Bonchev–Trinajstić information content (AvgIpc) is 2.36. The van der Waals surface area contributed by atoms with Crippen molar-refractivity contribution >= 4 is 46.6 Å². The fraction of sp³-hybridized carbons (Fsp3) is 0.462. The Labute approximate surface area is 127 Å². The SMILES string of the molecule is O=C(CSC1CCNCC1)Nc1cc(Cl)cc(Cl)c1. The number of anilines is 1. The maximum Gasteiger partial charge on any atom is 0.234 e. The lowest BCUT2D eigenvalue weighted by Gasteiger charge is -2.21. The lowest BCUT2D eigenvalue weighted by atomic mass is 10.2. The van der Waals surface area contributed by atoms with Crippen LogP contribution in [0.25, 0.3) is 0 Å². The highest BCUT2D eigenvalue weighted by molar-refractivity contribution is 8.00. The van der Waals surface area contributed by atoms with Crippen molar-refractivity contribution in [1.82, 2.24) is 5.32 Å². The number of thioether (sulfide) groups is 1. The van der Waals surface area contributed by atoms with Crippen LogP contribution in [0, 0.1) is 0 Å². The van der Waals surface area contributed by atoms with Gasteiger partial charge in [-0.25, -0.2) is 0 Å². The maximum atomic E-state index is 11.8. The smallest absolute Gasteiger partial charge is 0.234 e. The number of rotatable bonds is 4. The monoisotopic (exact) mass is 318 g/mol. The molecule has 0 atom stereocenters. The Morgan fingerprint density at radius 2 is 1.89 bits per heavy atom. The van der Waals surface area contributed by atoms with E-state index in [2.05, 4.69) is 10.6 Å². The van der Waals surface area contributed by atoms with Crippen LogP contribution in [-0.4, -0.2) is 30.0 Å². The second-order valence-corrected chi connectivity index (χ2v) is 6.63. The van der Waals surface area contributed by atoms with E-state index in [0.717, 1.165) is 25.9 Å². The van der Waals surface area contributed by atoms with Gasteiger partial charge in [0.05, 0.1) is 5.75 Å². The largest absolute Gasteiger partial charge is 0.325 e. The van der Waals surface area contributed by atoms with Gasteiger partial charge in [-0.1, -0.05) is 23.2 Å². The molecule has 0 spiro atoms. The van der Waals surface area contributed by atoms with Gasteiger partial charge in [0.15, 0.2) is 0 Å². The number of piperidine rings is 1. The van der Waals surface area contributed by atoms with Gasteiger partial charge in [0.25, 0.3) is 0 Å². The number of amides is 1. The minimum Gasteiger partial charge on any atom is -0.325 e. The van der Waals surface area contributed by atoms with Crippen molar-refractivity contribution in [3.8, 4) is 0 Å². The third-order valence-electron chi connectivity index (χ3n) is 2.88. The Morgan fingerprint density at radius 1 is 1.26 bits per heavy atom. The molecule has 1 fully saturated rings. The predicted molar refractivity (Wildman–Crippen MR) is 83.4 cm³/mol. The number of halogens is 2. The molecule has 1 aromatic carbocycles. The van der Waals surface area contributed by atoms with Crippen molar-refractivity contribution < 1.29 is 4.79 Å². The Morgan fingerprint density at radius 3 is 2.53 bits per heavy atom. The van der Waals surface area contributed by atoms with Gasteiger partial charge >= 0.3 is 0 Å². The van der Waals surface area contributed by atoms with Crippen molar-refractivity contribution in [3.63, 3.8) is 0 Å². The molecular formula is C13H16Cl2N2OS. The molecule has 0 saturated carbocycles. The zero-order valence-electron chi connectivity index (χ0n) is 10.4. The van der Waals surface area contributed by atoms with Crippen LogP contribution in [0.2, 0.25) is 10.0 Å². The molecule has 1 aromatic rings. The third-order valence-corrected chi connectivity index (χ3v) is 4.69. The first-order valence-electron chi connectivity index (χ1n) is 6.22. The summed E-state index contributed by atoms with van der Waals surface area (Å²) in [5, 5.41) is 7.75. The molecule has 1 aliphatic rings. The summed E-state index contributed by atoms with van der Waals surface area (Å²) in [6.45, 7) is 2.09. The molecule has 3 nitrogen and oxygen atoms in total. The molecule has 0 aromatic heterocycles. The number of carbonyl (C=O) groups excluding carboxylic acids is 1. The van der Waals surface area contributed by atoms with E-state index in [0.29, 0.717) is 26.7 Å². The van der Waals surface area contributed by atoms with E-state index < -0.39 is 0 Å². The van der Waals surface area contributed by atoms with Gasteiger partial charge in [0.2, 0.25) is 5.91 Å². The zero-order chi connectivity index (χ0) is 13.7. The number of nitrogens with one attached hydrogen (secondary N) is 2. The van der Waals surface area contributed by atoms with E-state index in [1.807, 2.05) is 0 Å². The highest BCUT2D eigenvalue weighted by atomic mass is 35.5. The molecule has 1 amide bonds. The van der Waals surface area contributed by atoms with Crippen LogP contribution >= 0.6 is 35.0 Å². The summed E-state index contributed by atoms with van der Waals surface area (Å²) < 4.78 is 0. The number of hydrogen-bond donors (Lipinski definition) is 2. The van der Waals surface area contributed by atoms with Crippen LogP contribution in [0.4, 0.5) is 5.69 Å². The van der Waals surface area contributed by atoms with Gasteiger partial charge in [-0.05, 0) is 44.1 Å². The normalized spacial score (nSPS) is 16.3. The molecule has 1 heterocycles. The molecule has 0 aliphatic carbocycles. The Kier molecular flexibility index (Phi) is 5.82. The van der Waals surface area contributed by atoms with Gasteiger partial charge in [-0.15, -0.1) is 11.8 Å². The van der Waals surface area contributed by atoms with Crippen LogP contribution in [0.1, 0.15) is 12.8 Å². The highest BCUT2D eigenvalue weighted by Gasteiger charge is 2.15. The van der Waals surface area contributed by atoms with Crippen LogP contribution < -0.4 is 10.6 Å². The Hall–Kier alpha value is -0.420. The standard InChI is InChI=1S/C13H16Cl2N2OS/c14-9-5-10(15)7-11(6-9)17-13(18)8-19-12-1-3-16-4-2-12/h5-7,12,16H,1-4,8H2,(H,17,18). The average molecular weight is 319 g/mol. The molecule has 1 aliphatic heterocycles. The van der Waals surface area contributed by atoms with Gasteiger partial charge in [-0.2, -0.15) is 0 Å². The highest BCUT2D eigenvalue weighted by Crippen LogP contribution is 2.23. The van der Waals surface area contributed by atoms with E-state index in [4.69, 9.17) is 23.2 Å². The van der Waals surface area contributed by atoms with E-state index in [1.54, 1.807) is 30.0 Å². The molecule has 6 heteroatoms. The number of carbonyl (C=O) groups is 1. The summed E-state index contributed by atoms with van der Waals surface area (Å²) in [6.07, 6.45) is 2.25. The van der Waals surface area contributed by atoms with E-state index in [9.17, 15) is 4.79 Å². The molecule has 0 bridgehead atoms. The second kappa shape index (κ2) is 7.39. The quantitative estimate of drug-likeness (QED) is 0.893. The van der Waals surface area contributed by atoms with Crippen LogP contribution in [0.15, 0.2) is 18.2 Å². The maximum absolute atomic E-state index is 11.8. The van der Waals surface area contributed by atoms with Crippen LogP contribution in [0.3, 0.4) is 0 Å². The lowest BCUT2D eigenvalue weighted by molar-refractivity contribution is -0.113. The fourth-order valence-electron chi connectivity index (χ4n) is 1.98. The first kappa shape index (κ1) is 15.0. The molecule has 0 unspecified atom stereocenters. The van der Waals surface area contributed by atoms with Crippen LogP contribution in [0.5, 0.6) is 0 Å². The molecule has 0 radical (unpaired) electrons. The molecule has 19 heavy (non-hydrogen) atoms. The first-order valence-corrected chi connectivity index (χ1v) is 8.02. The van der Waals surface area contributed by atoms with Gasteiger partial charge < -0.3 is 10.6 Å². The Balaban J connectivity index is 1.80. The number of hydrogen-bond acceptors (Lipinski definition) is 3. The minimum absolute atomic E-state index is 0.0122. The topological polar surface area (TPSA) is 41.1 Å². The molecule has 2 N–H and O–H groups in total. The van der Waals surface area contributed by atoms with Crippen molar-refractivity contribution in [2.24, 2.45) is 0 Å². The summed E-state index contributed by atoms with van der Waals surface area (Å²) in [5.74, 6) is 0.455. The number of benzene rings is 1. The summed E-state index contributed by atoms with van der Waals surface area (Å²) in [4.78, 5) is 11.8. The summed E-state index contributed by atoms with van der Waals surface area (Å²) in [5.41, 5.74) is 0.647. The predicted octanol–water partition coefficient (Wildman–Crippen LogP) is 3.42. The molecular weight excluding hydrogens is 303 g/mol. The van der Waals surface area contributed by atoms with Gasteiger partial charge in [-0.3, -0.25) is 4.79 Å². The summed E-state index contributed by atoms with van der Waals surface area (Å²) >= 11 is 13.5. The first-order chi connectivity index (χ1) is 9.13. The summed E-state index contributed by atoms with van der Waals surface area (Å²) in [6, 6.07) is 5.03. The van der Waals surface area contributed by atoms with Crippen molar-refractivity contribution in [3.05, 3.63) is 28.2 Å². The van der Waals surface area contributed by atoms with Crippen LogP contribution in [-0.2, 0) is 4.79 Å². The van der Waals surface area contributed by atoms with E-state index >= 15 is 0 Å². The summed E-state index contributed by atoms with van der Waals surface area (Å²) in [7, 11) is 0. The van der Waals surface area contributed by atoms with Crippen molar-refractivity contribution in [2.45, 2.75) is 18.1 Å². The van der Waals surface area contributed by atoms with Crippen molar-refractivity contribution in [1.29, 1.82) is 0 Å². The molecule has 2 rings (SSSR count). The van der Waals surface area contributed by atoms with Gasteiger partial charge in [0, 0.05) is 21.0 Å². The second-order valence-electron chi connectivity index (χ2n) is 4.47. The fourth-order valence-corrected chi connectivity index (χ4v) is 3.53. The zero-order valence-corrected chi connectivity index (χ0v) is 12.7. The van der Waals surface area contributed by atoms with E-state index in [1.165, 1.54) is 0 Å². The molecule has 104 valence electrons. The van der Waals surface area contributed by atoms with E-state index in [-0.39, 0.29) is 5.91 Å². The minimum atomic E-state index is -0.0122. The Bertz CT molecular complexity index is 430. The molecule has 1 saturated heterocycles. The lowest BCUT2D eigenvalue weighted by Crippen LogP contribution is -2.30. The van der Waals surface area contributed by atoms with Crippen molar-refractivity contribution in [2.75, 3.05) is 24.2 Å². The third kappa shape index (κ3) is 5.22.